The average Bonchev–Trinajstić information content (AvgIpc) is 2.17. The molecule has 0 aliphatic rings. The lowest BCUT2D eigenvalue weighted by Gasteiger charge is -2.04. The first kappa shape index (κ1) is 11.6. The van der Waals surface area contributed by atoms with Crippen LogP contribution in [0.2, 0.25) is 0 Å². The minimum absolute atomic E-state index is 0.106. The van der Waals surface area contributed by atoms with Crippen molar-refractivity contribution in [3.8, 4) is 0 Å². The van der Waals surface area contributed by atoms with E-state index in [1.54, 1.807) is 6.92 Å². The van der Waals surface area contributed by atoms with Crippen LogP contribution in [0.15, 0.2) is 17.2 Å². The highest BCUT2D eigenvalue weighted by Gasteiger charge is 2.16. The normalized spacial score (nSPS) is 12.1. The van der Waals surface area contributed by atoms with Gasteiger partial charge < -0.3 is 5.32 Å². The van der Waals surface area contributed by atoms with Gasteiger partial charge >= 0.3 is 5.69 Å². The van der Waals surface area contributed by atoms with Crippen molar-refractivity contribution in [2.24, 2.45) is 0 Å². The highest BCUT2D eigenvalue weighted by molar-refractivity contribution is 7.84. The third kappa shape index (κ3) is 2.72. The van der Waals surface area contributed by atoms with E-state index < -0.39 is 15.7 Å². The first-order valence-corrected chi connectivity index (χ1v) is 5.84. The van der Waals surface area contributed by atoms with Gasteiger partial charge in [0.25, 0.3) is 0 Å². The molecule has 1 aromatic heterocycles. The number of anilines is 1. The maximum atomic E-state index is 11.1. The Morgan fingerprint density at radius 3 is 2.73 bits per heavy atom. The Morgan fingerprint density at radius 2 is 2.27 bits per heavy atom. The Balaban J connectivity index is 3.20. The molecule has 0 fully saturated rings. The van der Waals surface area contributed by atoms with Gasteiger partial charge in [0.05, 0.1) is 15.7 Å². The zero-order valence-corrected chi connectivity index (χ0v) is 9.21. The number of rotatable bonds is 4. The van der Waals surface area contributed by atoms with Gasteiger partial charge in [-0.2, -0.15) is 0 Å². The average molecular weight is 229 g/mol. The van der Waals surface area contributed by atoms with Gasteiger partial charge in [0.15, 0.2) is 0 Å². The van der Waals surface area contributed by atoms with E-state index in [1.165, 1.54) is 18.4 Å². The Bertz CT molecular complexity index is 408. The fourth-order valence-electron chi connectivity index (χ4n) is 1.04. The fraction of sp³-hybridized carbons (Fsp3) is 0.375. The first-order chi connectivity index (χ1) is 7.06. The van der Waals surface area contributed by atoms with Crippen molar-refractivity contribution in [3.05, 3.63) is 22.2 Å². The quantitative estimate of drug-likeness (QED) is 0.618. The summed E-state index contributed by atoms with van der Waals surface area (Å²) in [6.45, 7) is 2.33. The summed E-state index contributed by atoms with van der Waals surface area (Å²) in [5.41, 5.74) is -0.106. The van der Waals surface area contributed by atoms with Crippen molar-refractivity contribution >= 4 is 22.3 Å². The molecular weight excluding hydrogens is 218 g/mol. The first-order valence-electron chi connectivity index (χ1n) is 4.29. The van der Waals surface area contributed by atoms with E-state index in [2.05, 4.69) is 10.3 Å². The van der Waals surface area contributed by atoms with Gasteiger partial charge in [0, 0.05) is 18.9 Å². The lowest BCUT2D eigenvalue weighted by Crippen LogP contribution is -2.05. The molecule has 1 aromatic rings. The lowest BCUT2D eigenvalue weighted by molar-refractivity contribution is -0.384. The minimum Gasteiger partial charge on any atom is -0.365 e. The molecule has 0 aliphatic heterocycles. The van der Waals surface area contributed by atoms with Gasteiger partial charge in [-0.25, -0.2) is 4.98 Å². The third-order valence-corrected chi connectivity index (χ3v) is 2.50. The summed E-state index contributed by atoms with van der Waals surface area (Å²) in [6, 6.07) is 2.71. The maximum Gasteiger partial charge on any atom is 0.311 e. The van der Waals surface area contributed by atoms with Crippen molar-refractivity contribution < 1.29 is 9.13 Å². The Hall–Kier alpha value is -1.50. The second-order valence-electron chi connectivity index (χ2n) is 2.76. The predicted octanol–water partition coefficient (Wildman–Crippen LogP) is 1.16. The molecule has 1 atom stereocenters. The van der Waals surface area contributed by atoms with Crippen LogP contribution < -0.4 is 5.32 Å². The smallest absolute Gasteiger partial charge is 0.311 e. The van der Waals surface area contributed by atoms with Crippen LogP contribution in [0.25, 0.3) is 0 Å². The zero-order valence-electron chi connectivity index (χ0n) is 8.39. The van der Waals surface area contributed by atoms with Crippen molar-refractivity contribution in [2.45, 2.75) is 11.9 Å². The highest BCUT2D eigenvalue weighted by atomic mass is 32.2. The Morgan fingerprint density at radius 1 is 1.60 bits per heavy atom. The summed E-state index contributed by atoms with van der Waals surface area (Å²) in [6.07, 6.45) is 1.48. The molecule has 1 unspecified atom stereocenters. The van der Waals surface area contributed by atoms with Crippen LogP contribution in [0.4, 0.5) is 11.5 Å². The zero-order chi connectivity index (χ0) is 11.4. The molecule has 1 rings (SSSR count). The van der Waals surface area contributed by atoms with Crippen molar-refractivity contribution in [3.63, 3.8) is 0 Å². The molecule has 0 spiro atoms. The van der Waals surface area contributed by atoms with E-state index in [0.29, 0.717) is 11.6 Å². The molecular formula is C8H11N3O3S. The number of nitrogens with zero attached hydrogens (tertiary/aromatic N) is 2. The molecule has 0 amide bonds. The van der Waals surface area contributed by atoms with Crippen LogP contribution in [0, 0.1) is 10.1 Å². The summed E-state index contributed by atoms with van der Waals surface area (Å²) in [5.74, 6) is 0.162. The van der Waals surface area contributed by atoms with Gasteiger partial charge in [0.2, 0.25) is 5.82 Å². The van der Waals surface area contributed by atoms with Gasteiger partial charge in [0.1, 0.15) is 5.03 Å². The number of aromatic nitrogens is 1. The largest absolute Gasteiger partial charge is 0.365 e. The van der Waals surface area contributed by atoms with Crippen LogP contribution in [0.5, 0.6) is 0 Å². The molecule has 1 heterocycles. The molecule has 0 radical (unpaired) electrons. The number of hydrogen-bond acceptors (Lipinski definition) is 5. The maximum absolute atomic E-state index is 11.1. The van der Waals surface area contributed by atoms with Gasteiger partial charge in [-0.1, -0.05) is 0 Å². The van der Waals surface area contributed by atoms with Crippen LogP contribution in [-0.4, -0.2) is 26.9 Å². The van der Waals surface area contributed by atoms with E-state index in [0.717, 1.165) is 0 Å². The van der Waals surface area contributed by atoms with E-state index in [-0.39, 0.29) is 11.5 Å². The molecule has 0 bridgehead atoms. The monoisotopic (exact) mass is 229 g/mol. The fourth-order valence-corrected chi connectivity index (χ4v) is 1.52. The molecule has 82 valence electrons. The second-order valence-corrected chi connectivity index (χ2v) is 4.09. The van der Waals surface area contributed by atoms with Crippen LogP contribution >= 0.6 is 0 Å². The van der Waals surface area contributed by atoms with Crippen molar-refractivity contribution in [1.29, 1.82) is 0 Å². The highest BCUT2D eigenvalue weighted by Crippen LogP contribution is 2.22. The molecule has 7 heteroatoms. The van der Waals surface area contributed by atoms with Crippen molar-refractivity contribution in [1.82, 2.24) is 4.98 Å². The topological polar surface area (TPSA) is 85.1 Å². The summed E-state index contributed by atoms with van der Waals surface area (Å²) in [7, 11) is -1.24. The summed E-state index contributed by atoms with van der Waals surface area (Å²) >= 11 is 0. The molecule has 0 saturated carbocycles. The summed E-state index contributed by atoms with van der Waals surface area (Å²) in [5, 5.41) is 13.7. The minimum atomic E-state index is -1.24. The Kier molecular flexibility index (Phi) is 3.73. The van der Waals surface area contributed by atoms with E-state index >= 15 is 0 Å². The Labute approximate surface area is 89.3 Å². The van der Waals surface area contributed by atoms with E-state index in [1.807, 2.05) is 0 Å². The second kappa shape index (κ2) is 4.83. The summed E-state index contributed by atoms with van der Waals surface area (Å²) in [4.78, 5) is 14.0. The SMILES string of the molecule is CCNc1nc(S(C)=O)ccc1[N+](=O)[O-]. The molecule has 15 heavy (non-hydrogen) atoms. The van der Waals surface area contributed by atoms with Gasteiger partial charge in [-0.3, -0.25) is 14.3 Å². The van der Waals surface area contributed by atoms with E-state index in [9.17, 15) is 14.3 Å². The number of hydrogen-bond donors (Lipinski definition) is 1. The number of nitro groups is 1. The standard InChI is InChI=1S/C8H11N3O3S/c1-3-9-8-6(11(12)13)4-5-7(10-8)15(2)14/h4-5H,3H2,1-2H3,(H,9,10). The lowest BCUT2D eigenvalue weighted by atomic mass is 10.4. The molecule has 0 aromatic carbocycles. The molecule has 6 nitrogen and oxygen atoms in total. The molecule has 1 N–H and O–H groups in total. The van der Waals surface area contributed by atoms with E-state index in [4.69, 9.17) is 0 Å². The van der Waals surface area contributed by atoms with Crippen LogP contribution in [-0.2, 0) is 10.8 Å². The molecule has 0 saturated heterocycles. The van der Waals surface area contributed by atoms with Gasteiger partial charge in [-0.05, 0) is 13.0 Å². The molecule has 0 aliphatic carbocycles. The number of pyridine rings is 1. The third-order valence-electron chi connectivity index (χ3n) is 1.68. The van der Waals surface area contributed by atoms with Crippen LogP contribution in [0.3, 0.4) is 0 Å². The summed E-state index contributed by atoms with van der Waals surface area (Å²) < 4.78 is 11.1. The van der Waals surface area contributed by atoms with Crippen LogP contribution in [0.1, 0.15) is 6.92 Å². The van der Waals surface area contributed by atoms with Crippen molar-refractivity contribution in [2.75, 3.05) is 18.1 Å². The predicted molar refractivity (Wildman–Crippen MR) is 57.4 cm³/mol. The van der Waals surface area contributed by atoms with Gasteiger partial charge in [-0.15, -0.1) is 0 Å². The number of nitrogens with one attached hydrogen (secondary N) is 1.